The first-order chi connectivity index (χ1) is 9.20. The van der Waals surface area contributed by atoms with Gasteiger partial charge >= 0.3 is 0 Å². The second-order valence-electron chi connectivity index (χ2n) is 4.15. The van der Waals surface area contributed by atoms with Crippen LogP contribution >= 0.6 is 11.6 Å². The van der Waals surface area contributed by atoms with E-state index in [1.807, 2.05) is 24.3 Å². The van der Waals surface area contributed by atoms with Crippen molar-refractivity contribution in [2.75, 3.05) is 7.11 Å². The zero-order valence-corrected chi connectivity index (χ0v) is 11.4. The van der Waals surface area contributed by atoms with Crippen LogP contribution in [0.4, 0.5) is 4.39 Å². The number of halogens is 2. The van der Waals surface area contributed by atoms with E-state index in [1.165, 1.54) is 12.1 Å². The summed E-state index contributed by atoms with van der Waals surface area (Å²) in [5.74, 6) is 0.522. The third kappa shape index (κ3) is 3.69. The molecule has 2 rings (SSSR count). The van der Waals surface area contributed by atoms with Gasteiger partial charge in [-0.05, 0) is 29.8 Å². The summed E-state index contributed by atoms with van der Waals surface area (Å²) in [4.78, 5) is 0. The summed E-state index contributed by atoms with van der Waals surface area (Å²) < 4.78 is 18.3. The molecular weight excluding hydrogens is 265 g/mol. The quantitative estimate of drug-likeness (QED) is 0.899. The highest BCUT2D eigenvalue weighted by molar-refractivity contribution is 6.31. The van der Waals surface area contributed by atoms with Gasteiger partial charge in [-0.2, -0.15) is 0 Å². The fourth-order valence-electron chi connectivity index (χ4n) is 1.88. The van der Waals surface area contributed by atoms with Gasteiger partial charge in [0, 0.05) is 23.7 Å². The number of hydrogen-bond donors (Lipinski definition) is 1. The first kappa shape index (κ1) is 13.8. The van der Waals surface area contributed by atoms with Crippen LogP contribution in [-0.4, -0.2) is 7.11 Å². The maximum atomic E-state index is 13.0. The normalized spacial score (nSPS) is 10.5. The summed E-state index contributed by atoms with van der Waals surface area (Å²) in [6.07, 6.45) is 0. The summed E-state index contributed by atoms with van der Waals surface area (Å²) >= 11 is 6.14. The monoisotopic (exact) mass is 279 g/mol. The Kier molecular flexibility index (Phi) is 4.77. The second kappa shape index (κ2) is 6.55. The minimum Gasteiger partial charge on any atom is -0.496 e. The molecule has 4 heteroatoms. The van der Waals surface area contributed by atoms with Crippen molar-refractivity contribution in [2.24, 2.45) is 0 Å². The molecule has 0 aliphatic rings. The van der Waals surface area contributed by atoms with Gasteiger partial charge in [0.15, 0.2) is 0 Å². The van der Waals surface area contributed by atoms with Crippen LogP contribution in [0.2, 0.25) is 5.02 Å². The molecule has 0 radical (unpaired) electrons. The van der Waals surface area contributed by atoms with Crippen LogP contribution < -0.4 is 10.1 Å². The van der Waals surface area contributed by atoms with Crippen LogP contribution in [0.3, 0.4) is 0 Å². The van der Waals surface area contributed by atoms with Crippen LogP contribution in [-0.2, 0) is 13.1 Å². The predicted molar refractivity (Wildman–Crippen MR) is 74.9 cm³/mol. The van der Waals surface area contributed by atoms with Gasteiger partial charge in [0.2, 0.25) is 0 Å². The number of benzene rings is 2. The molecule has 19 heavy (non-hydrogen) atoms. The summed E-state index contributed by atoms with van der Waals surface area (Å²) in [5, 5.41) is 3.89. The standard InChI is InChI=1S/C15H15ClFNO/c1-19-15-7-3-6-14(16)13(15)10-18-9-11-4-2-5-12(17)8-11/h2-8,18H,9-10H2,1H3. The van der Waals surface area contributed by atoms with Crippen molar-refractivity contribution in [1.29, 1.82) is 0 Å². The first-order valence-corrected chi connectivity index (χ1v) is 6.35. The molecule has 0 saturated heterocycles. The van der Waals surface area contributed by atoms with Gasteiger partial charge in [-0.25, -0.2) is 4.39 Å². The Bertz CT molecular complexity index is 560. The average molecular weight is 280 g/mol. The lowest BCUT2D eigenvalue weighted by atomic mass is 10.2. The number of nitrogens with one attached hydrogen (secondary N) is 1. The summed E-state index contributed by atoms with van der Waals surface area (Å²) in [7, 11) is 1.61. The number of ether oxygens (including phenoxy) is 1. The Morgan fingerprint density at radius 3 is 2.68 bits per heavy atom. The van der Waals surface area contributed by atoms with Crippen LogP contribution in [0.25, 0.3) is 0 Å². The van der Waals surface area contributed by atoms with Crippen molar-refractivity contribution >= 4 is 11.6 Å². The number of methoxy groups -OCH3 is 1. The third-order valence-corrected chi connectivity index (χ3v) is 3.17. The fourth-order valence-corrected chi connectivity index (χ4v) is 2.11. The minimum atomic E-state index is -0.227. The van der Waals surface area contributed by atoms with E-state index in [0.29, 0.717) is 18.1 Å². The Balaban J connectivity index is 2.00. The molecule has 0 amide bonds. The zero-order valence-electron chi connectivity index (χ0n) is 10.6. The van der Waals surface area contributed by atoms with E-state index >= 15 is 0 Å². The number of hydrogen-bond acceptors (Lipinski definition) is 2. The van der Waals surface area contributed by atoms with Crippen LogP contribution in [0.5, 0.6) is 5.75 Å². The molecule has 0 fully saturated rings. The van der Waals surface area contributed by atoms with E-state index in [4.69, 9.17) is 16.3 Å². The van der Waals surface area contributed by atoms with Crippen LogP contribution in [0.1, 0.15) is 11.1 Å². The summed E-state index contributed by atoms with van der Waals surface area (Å²) in [5.41, 5.74) is 1.80. The van der Waals surface area contributed by atoms with Crippen molar-refractivity contribution in [1.82, 2.24) is 5.32 Å². The molecule has 0 aromatic heterocycles. The Hall–Kier alpha value is -1.58. The molecule has 2 aromatic carbocycles. The highest BCUT2D eigenvalue weighted by Gasteiger charge is 2.06. The maximum Gasteiger partial charge on any atom is 0.124 e. The lowest BCUT2D eigenvalue weighted by Gasteiger charge is -2.11. The van der Waals surface area contributed by atoms with Gasteiger partial charge in [0.1, 0.15) is 11.6 Å². The topological polar surface area (TPSA) is 21.3 Å². The molecule has 0 saturated carbocycles. The van der Waals surface area contributed by atoms with Crippen molar-refractivity contribution in [3.63, 3.8) is 0 Å². The van der Waals surface area contributed by atoms with Crippen LogP contribution in [0.15, 0.2) is 42.5 Å². The molecular formula is C15H15ClFNO. The highest BCUT2D eigenvalue weighted by Crippen LogP contribution is 2.25. The van der Waals surface area contributed by atoms with Crippen molar-refractivity contribution in [2.45, 2.75) is 13.1 Å². The van der Waals surface area contributed by atoms with E-state index < -0.39 is 0 Å². The molecule has 0 unspecified atom stereocenters. The Morgan fingerprint density at radius 2 is 1.95 bits per heavy atom. The molecule has 0 heterocycles. The van der Waals surface area contributed by atoms with Gasteiger partial charge < -0.3 is 10.1 Å². The lowest BCUT2D eigenvalue weighted by molar-refractivity contribution is 0.407. The lowest BCUT2D eigenvalue weighted by Crippen LogP contribution is -2.13. The van der Waals surface area contributed by atoms with Crippen LogP contribution in [0, 0.1) is 5.82 Å². The van der Waals surface area contributed by atoms with Crippen molar-refractivity contribution in [3.8, 4) is 5.75 Å². The van der Waals surface area contributed by atoms with Gasteiger partial charge in [0.05, 0.1) is 7.11 Å². The van der Waals surface area contributed by atoms with E-state index in [2.05, 4.69) is 5.32 Å². The molecule has 0 bridgehead atoms. The fraction of sp³-hybridized carbons (Fsp3) is 0.200. The van der Waals surface area contributed by atoms with Gasteiger partial charge in [-0.15, -0.1) is 0 Å². The van der Waals surface area contributed by atoms with E-state index in [0.717, 1.165) is 16.9 Å². The second-order valence-corrected chi connectivity index (χ2v) is 4.56. The largest absolute Gasteiger partial charge is 0.496 e. The average Bonchev–Trinajstić information content (AvgIpc) is 2.40. The SMILES string of the molecule is COc1cccc(Cl)c1CNCc1cccc(F)c1. The molecule has 1 N–H and O–H groups in total. The predicted octanol–water partition coefficient (Wildman–Crippen LogP) is 3.78. The van der Waals surface area contributed by atoms with Crippen molar-refractivity contribution < 1.29 is 9.13 Å². The van der Waals surface area contributed by atoms with E-state index in [9.17, 15) is 4.39 Å². The van der Waals surface area contributed by atoms with Gasteiger partial charge in [0.25, 0.3) is 0 Å². The molecule has 2 aromatic rings. The molecule has 0 spiro atoms. The Labute approximate surface area is 117 Å². The molecule has 2 nitrogen and oxygen atoms in total. The highest BCUT2D eigenvalue weighted by atomic mass is 35.5. The summed E-state index contributed by atoms with van der Waals surface area (Å²) in [6, 6.07) is 12.0. The van der Waals surface area contributed by atoms with E-state index in [-0.39, 0.29) is 5.82 Å². The number of rotatable bonds is 5. The smallest absolute Gasteiger partial charge is 0.124 e. The van der Waals surface area contributed by atoms with Crippen molar-refractivity contribution in [3.05, 3.63) is 64.4 Å². The maximum absolute atomic E-state index is 13.0. The molecule has 0 atom stereocenters. The summed E-state index contributed by atoms with van der Waals surface area (Å²) in [6.45, 7) is 1.14. The van der Waals surface area contributed by atoms with E-state index in [1.54, 1.807) is 13.2 Å². The molecule has 100 valence electrons. The molecule has 0 aliphatic carbocycles. The molecule has 0 aliphatic heterocycles. The minimum absolute atomic E-state index is 0.227. The first-order valence-electron chi connectivity index (χ1n) is 5.97. The van der Waals surface area contributed by atoms with Gasteiger partial charge in [-0.1, -0.05) is 29.8 Å². The Morgan fingerprint density at radius 1 is 1.16 bits per heavy atom. The van der Waals surface area contributed by atoms with Gasteiger partial charge in [-0.3, -0.25) is 0 Å². The third-order valence-electron chi connectivity index (χ3n) is 2.82. The zero-order chi connectivity index (χ0) is 13.7.